The van der Waals surface area contributed by atoms with Gasteiger partial charge in [0.05, 0.1) is 20.8 Å². The summed E-state index contributed by atoms with van der Waals surface area (Å²) in [5.41, 5.74) is 8.54. The number of allylic oxidation sites excluding steroid dienone is 4. The van der Waals surface area contributed by atoms with Crippen LogP contribution >= 0.6 is 23.1 Å². The van der Waals surface area contributed by atoms with Crippen LogP contribution in [0.3, 0.4) is 0 Å². The number of aryl methyl sites for hydroxylation is 4. The molecule has 0 spiro atoms. The van der Waals surface area contributed by atoms with Crippen LogP contribution in [0.5, 0.6) is 0 Å². The molecule has 5 nitrogen and oxygen atoms in total. The SMILES string of the molecule is CC(/C=C/c1sc2cc(C)ccc2[n+]1CCCS(=O)(=O)[O-])=C\C=C1\Sc2cc(C)c(C)cc2N1CCc1ccccc1. The topological polar surface area (TPSA) is 64.3 Å². The number of anilines is 1. The standard InChI is InChI=1S/C34H36N2O3S3/c1-24(12-15-33-35(18-8-20-42(37,38)39)29-14-11-25(2)21-31(29)40-33)13-16-34-36(19-17-28-9-6-5-7-10-28)30-22-26(3)27(4)23-32(30)41-34/h5-7,9-16,21-23H,8,17-20H2,1-4H3. The number of rotatable bonds is 10. The van der Waals surface area contributed by atoms with Crippen molar-refractivity contribution >= 4 is 55.2 Å². The maximum absolute atomic E-state index is 11.2. The highest BCUT2D eigenvalue weighted by atomic mass is 32.2. The number of benzene rings is 3. The third kappa shape index (κ3) is 7.42. The van der Waals surface area contributed by atoms with Crippen LogP contribution in [0, 0.1) is 20.8 Å². The highest BCUT2D eigenvalue weighted by molar-refractivity contribution is 8.03. The Morgan fingerprint density at radius 2 is 1.79 bits per heavy atom. The van der Waals surface area contributed by atoms with Gasteiger partial charge in [-0.25, -0.2) is 8.42 Å². The van der Waals surface area contributed by atoms with E-state index in [1.54, 1.807) is 11.3 Å². The number of aromatic nitrogens is 1. The molecule has 2 heterocycles. The molecular formula is C34H36N2O3S3. The molecule has 0 atom stereocenters. The molecule has 1 aliphatic rings. The average Bonchev–Trinajstić information content (AvgIpc) is 3.46. The quantitative estimate of drug-likeness (QED) is 0.104. The number of hydrogen-bond acceptors (Lipinski definition) is 6. The molecule has 0 fully saturated rings. The Kier molecular flexibility index (Phi) is 9.38. The molecule has 5 rings (SSSR count). The Balaban J connectivity index is 1.39. The van der Waals surface area contributed by atoms with Gasteiger partial charge >= 0.3 is 0 Å². The van der Waals surface area contributed by atoms with Crippen LogP contribution in [0.1, 0.15) is 40.6 Å². The minimum absolute atomic E-state index is 0.285. The van der Waals surface area contributed by atoms with Crippen LogP contribution in [0.25, 0.3) is 16.3 Å². The maximum atomic E-state index is 11.2. The van der Waals surface area contributed by atoms with Gasteiger partial charge in [0.25, 0.3) is 5.01 Å². The predicted octanol–water partition coefficient (Wildman–Crippen LogP) is 7.71. The highest BCUT2D eigenvalue weighted by Crippen LogP contribution is 2.47. The summed E-state index contributed by atoms with van der Waals surface area (Å²) in [7, 11) is -4.24. The Morgan fingerprint density at radius 3 is 2.55 bits per heavy atom. The van der Waals surface area contributed by atoms with Crippen LogP contribution in [0.4, 0.5) is 5.69 Å². The van der Waals surface area contributed by atoms with Crippen LogP contribution < -0.4 is 9.47 Å². The molecule has 1 aromatic heterocycles. The van der Waals surface area contributed by atoms with E-state index in [1.165, 1.54) is 37.9 Å². The van der Waals surface area contributed by atoms with E-state index in [0.29, 0.717) is 6.54 Å². The summed E-state index contributed by atoms with van der Waals surface area (Å²) < 4.78 is 36.8. The Labute approximate surface area is 257 Å². The van der Waals surface area contributed by atoms with Crippen molar-refractivity contribution in [1.82, 2.24) is 0 Å². The molecule has 0 radical (unpaired) electrons. The smallest absolute Gasteiger partial charge is 0.262 e. The molecule has 0 unspecified atom stereocenters. The van der Waals surface area contributed by atoms with E-state index in [-0.39, 0.29) is 12.2 Å². The second-order valence-electron chi connectivity index (χ2n) is 10.8. The Bertz CT molecular complexity index is 1800. The van der Waals surface area contributed by atoms with Crippen LogP contribution in [-0.2, 0) is 23.1 Å². The van der Waals surface area contributed by atoms with Crippen molar-refractivity contribution in [3.05, 3.63) is 117 Å². The maximum Gasteiger partial charge on any atom is 0.262 e. The highest BCUT2D eigenvalue weighted by Gasteiger charge is 2.25. The molecule has 1 aliphatic heterocycles. The zero-order valence-electron chi connectivity index (χ0n) is 24.5. The Hall–Kier alpha value is -3.17. The van der Waals surface area contributed by atoms with Gasteiger partial charge in [-0.1, -0.05) is 77.2 Å². The minimum atomic E-state index is -4.24. The van der Waals surface area contributed by atoms with Crippen molar-refractivity contribution in [1.29, 1.82) is 0 Å². The van der Waals surface area contributed by atoms with Crippen molar-refractivity contribution in [2.75, 3.05) is 17.2 Å². The number of thiazole rings is 1. The molecule has 3 aromatic carbocycles. The summed E-state index contributed by atoms with van der Waals surface area (Å²) in [6, 6.07) is 21.5. The number of hydrogen-bond donors (Lipinski definition) is 0. The van der Waals surface area contributed by atoms with E-state index in [2.05, 4.69) is 122 Å². The van der Waals surface area contributed by atoms with E-state index in [9.17, 15) is 13.0 Å². The van der Waals surface area contributed by atoms with Crippen molar-refractivity contribution < 1.29 is 17.5 Å². The molecule has 42 heavy (non-hydrogen) atoms. The molecule has 0 aliphatic carbocycles. The summed E-state index contributed by atoms with van der Waals surface area (Å²) >= 11 is 3.49. The van der Waals surface area contributed by atoms with Gasteiger partial charge in [-0.05, 0) is 80.6 Å². The van der Waals surface area contributed by atoms with E-state index >= 15 is 0 Å². The molecule has 0 amide bonds. The van der Waals surface area contributed by atoms with Crippen LogP contribution in [-0.4, -0.2) is 25.3 Å². The number of fused-ring (bicyclic) bond motifs is 2. The Morgan fingerprint density at radius 1 is 1.02 bits per heavy atom. The molecular weight excluding hydrogens is 581 g/mol. The summed E-state index contributed by atoms with van der Waals surface area (Å²) in [6.07, 6.45) is 9.81. The monoisotopic (exact) mass is 616 g/mol. The molecule has 218 valence electrons. The fraction of sp³-hybridized carbons (Fsp3) is 0.265. The fourth-order valence-corrected chi connectivity index (χ4v) is 7.86. The normalized spacial score (nSPS) is 14.9. The third-order valence-electron chi connectivity index (χ3n) is 7.45. The summed E-state index contributed by atoms with van der Waals surface area (Å²) in [5, 5.41) is 2.24. The van der Waals surface area contributed by atoms with Crippen molar-refractivity contribution in [3.63, 3.8) is 0 Å². The van der Waals surface area contributed by atoms with Gasteiger partial charge in [0, 0.05) is 35.8 Å². The number of thioether (sulfide) groups is 1. The molecule has 0 saturated carbocycles. The second kappa shape index (κ2) is 13.0. The second-order valence-corrected chi connectivity index (χ2v) is 14.5. The first-order chi connectivity index (χ1) is 20.1. The van der Waals surface area contributed by atoms with Crippen molar-refractivity contribution in [2.45, 2.75) is 52.0 Å². The first-order valence-electron chi connectivity index (χ1n) is 14.1. The third-order valence-corrected chi connectivity index (χ3v) is 10.5. The van der Waals surface area contributed by atoms with Gasteiger partial charge in [0.2, 0.25) is 5.52 Å². The molecule has 0 saturated heterocycles. The van der Waals surface area contributed by atoms with Crippen LogP contribution in [0.15, 0.2) is 94.4 Å². The van der Waals surface area contributed by atoms with Gasteiger partial charge in [-0.2, -0.15) is 4.57 Å². The lowest BCUT2D eigenvalue weighted by molar-refractivity contribution is -0.668. The molecule has 0 N–H and O–H groups in total. The van der Waals surface area contributed by atoms with E-state index in [1.807, 2.05) is 11.8 Å². The lowest BCUT2D eigenvalue weighted by atomic mass is 10.1. The van der Waals surface area contributed by atoms with Crippen molar-refractivity contribution in [2.24, 2.45) is 0 Å². The predicted molar refractivity (Wildman–Crippen MR) is 176 cm³/mol. The van der Waals surface area contributed by atoms with Gasteiger partial charge in [-0.15, -0.1) is 0 Å². The minimum Gasteiger partial charge on any atom is -0.748 e. The first-order valence-corrected chi connectivity index (χ1v) is 17.3. The van der Waals surface area contributed by atoms with Gasteiger partial charge in [-0.3, -0.25) is 0 Å². The summed E-state index contributed by atoms with van der Waals surface area (Å²) in [6.45, 7) is 9.88. The van der Waals surface area contributed by atoms with E-state index < -0.39 is 10.1 Å². The van der Waals surface area contributed by atoms with Gasteiger partial charge in [0.1, 0.15) is 4.70 Å². The first kappa shape index (κ1) is 30.3. The molecule has 8 heteroatoms. The molecule has 4 aromatic rings. The van der Waals surface area contributed by atoms with Crippen molar-refractivity contribution in [3.8, 4) is 0 Å². The van der Waals surface area contributed by atoms with E-state index in [0.717, 1.165) is 33.8 Å². The summed E-state index contributed by atoms with van der Waals surface area (Å²) in [5.74, 6) is -0.362. The average molecular weight is 617 g/mol. The van der Waals surface area contributed by atoms with E-state index in [4.69, 9.17) is 0 Å². The number of nitrogens with zero attached hydrogens (tertiary/aromatic N) is 2. The lowest BCUT2D eigenvalue weighted by Crippen LogP contribution is -2.36. The van der Waals surface area contributed by atoms with Crippen LogP contribution in [0.2, 0.25) is 0 Å². The largest absolute Gasteiger partial charge is 0.748 e. The van der Waals surface area contributed by atoms with Gasteiger partial charge < -0.3 is 9.45 Å². The molecule has 0 bridgehead atoms. The summed E-state index contributed by atoms with van der Waals surface area (Å²) in [4.78, 5) is 3.72. The zero-order chi connectivity index (χ0) is 29.9. The zero-order valence-corrected chi connectivity index (χ0v) is 26.9. The fourth-order valence-electron chi connectivity index (χ4n) is 5.02. The van der Waals surface area contributed by atoms with Gasteiger partial charge in [0.15, 0.2) is 6.54 Å². The lowest BCUT2D eigenvalue weighted by Gasteiger charge is -2.21.